The Morgan fingerprint density at radius 3 is 2.61 bits per heavy atom. The highest BCUT2D eigenvalue weighted by Crippen LogP contribution is 2.36. The molecule has 2 rings (SSSR count). The number of nitrogens with two attached hydrogens (primary N) is 1. The quantitative estimate of drug-likeness (QED) is 0.0744. The van der Waals surface area contributed by atoms with E-state index in [9.17, 15) is 15.0 Å². The van der Waals surface area contributed by atoms with E-state index in [-0.39, 0.29) is 11.4 Å². The number of carbonyl (C=O) groups is 1. The molecule has 0 aliphatic carbocycles. The molecule has 0 heterocycles. The number of anilines is 1. The van der Waals surface area contributed by atoms with Crippen molar-refractivity contribution in [2.45, 2.75) is 30.8 Å². The summed E-state index contributed by atoms with van der Waals surface area (Å²) in [4.78, 5) is 11.3. The van der Waals surface area contributed by atoms with E-state index in [1.165, 1.54) is 11.6 Å². The largest absolute Gasteiger partial charge is 0.506 e. The lowest BCUT2D eigenvalue weighted by molar-refractivity contribution is 0.173. The molecular formula is C24H35N3O4S2. The molecule has 0 aliphatic heterocycles. The van der Waals surface area contributed by atoms with Gasteiger partial charge in [0.15, 0.2) is 5.62 Å². The van der Waals surface area contributed by atoms with E-state index in [0.717, 1.165) is 61.5 Å². The van der Waals surface area contributed by atoms with Crippen molar-refractivity contribution >= 4 is 34.8 Å². The average molecular weight is 494 g/mol. The molecule has 0 saturated heterocycles. The van der Waals surface area contributed by atoms with Crippen molar-refractivity contribution in [3.05, 3.63) is 47.5 Å². The van der Waals surface area contributed by atoms with Crippen molar-refractivity contribution in [2.24, 2.45) is 0 Å². The number of thioether (sulfide) groups is 2. The Labute approximate surface area is 204 Å². The Balaban J connectivity index is 1.51. The summed E-state index contributed by atoms with van der Waals surface area (Å²) in [5.74, 6) is 2.86. The van der Waals surface area contributed by atoms with Crippen molar-refractivity contribution in [1.82, 2.24) is 10.6 Å². The maximum atomic E-state index is 10.9. The highest BCUT2D eigenvalue weighted by atomic mass is 32.2. The number of rotatable bonds is 17. The van der Waals surface area contributed by atoms with Gasteiger partial charge < -0.3 is 31.3 Å². The minimum absolute atomic E-state index is 0.0923. The molecule has 2 aromatic rings. The summed E-state index contributed by atoms with van der Waals surface area (Å²) in [6.45, 7) is 5.76. The standard InChI is InChI=1S/C24H35N3O4S2/c1-2-31-19-6-4-18(5-7-19)10-12-26-11-3-14-32-15-13-27-16-22(30)20-8-9-21(29)23(25)24(20)33-17-28/h4-9,17,22,26-27,29-30H,2-3,10-16,25H2,1H3. The van der Waals surface area contributed by atoms with Gasteiger partial charge in [0.25, 0.3) is 0 Å². The van der Waals surface area contributed by atoms with Crippen LogP contribution >= 0.6 is 23.5 Å². The van der Waals surface area contributed by atoms with Crippen LogP contribution in [0.5, 0.6) is 11.5 Å². The van der Waals surface area contributed by atoms with Crippen molar-refractivity contribution in [2.75, 3.05) is 50.0 Å². The minimum Gasteiger partial charge on any atom is -0.506 e. The lowest BCUT2D eigenvalue weighted by Crippen LogP contribution is -2.24. The van der Waals surface area contributed by atoms with E-state index in [0.29, 0.717) is 29.2 Å². The minimum atomic E-state index is -0.806. The van der Waals surface area contributed by atoms with Gasteiger partial charge in [-0.25, -0.2) is 0 Å². The van der Waals surface area contributed by atoms with E-state index in [1.54, 1.807) is 6.07 Å². The molecule has 0 aromatic heterocycles. The Hall–Kier alpha value is -1.91. The molecule has 6 N–H and O–H groups in total. The van der Waals surface area contributed by atoms with E-state index in [1.807, 2.05) is 30.8 Å². The van der Waals surface area contributed by atoms with Crippen LogP contribution < -0.4 is 21.1 Å². The molecule has 0 radical (unpaired) electrons. The van der Waals surface area contributed by atoms with Gasteiger partial charge in [-0.15, -0.1) is 0 Å². The first kappa shape index (κ1) is 27.3. The number of hydrogen-bond donors (Lipinski definition) is 5. The Morgan fingerprint density at radius 2 is 1.88 bits per heavy atom. The van der Waals surface area contributed by atoms with Crippen molar-refractivity contribution < 1.29 is 19.7 Å². The molecule has 2 aromatic carbocycles. The van der Waals surface area contributed by atoms with Crippen LogP contribution in [0.15, 0.2) is 41.3 Å². The number of phenols is 1. The van der Waals surface area contributed by atoms with Crippen LogP contribution in [0.1, 0.15) is 30.6 Å². The van der Waals surface area contributed by atoms with E-state index in [2.05, 4.69) is 22.8 Å². The number of nitrogen functional groups attached to an aromatic ring is 1. The summed E-state index contributed by atoms with van der Waals surface area (Å²) in [5, 5.41) is 26.9. The number of nitrogens with one attached hydrogen (secondary N) is 2. The highest BCUT2D eigenvalue weighted by molar-refractivity contribution is 8.12. The zero-order valence-corrected chi connectivity index (χ0v) is 20.7. The first-order valence-electron chi connectivity index (χ1n) is 11.2. The fraction of sp³-hybridized carbons (Fsp3) is 0.458. The number of carbonyl (C=O) groups excluding carboxylic acids is 1. The maximum Gasteiger partial charge on any atom is 0.181 e. The fourth-order valence-electron chi connectivity index (χ4n) is 3.22. The Morgan fingerprint density at radius 1 is 1.09 bits per heavy atom. The lowest BCUT2D eigenvalue weighted by atomic mass is 10.1. The summed E-state index contributed by atoms with van der Waals surface area (Å²) in [5.41, 5.74) is 8.44. The van der Waals surface area contributed by atoms with Gasteiger partial charge in [-0.1, -0.05) is 30.0 Å². The predicted octanol–water partition coefficient (Wildman–Crippen LogP) is 3.23. The molecule has 182 valence electrons. The molecule has 0 aliphatic rings. The van der Waals surface area contributed by atoms with E-state index in [4.69, 9.17) is 10.5 Å². The topological polar surface area (TPSA) is 117 Å². The normalized spacial score (nSPS) is 11.9. The van der Waals surface area contributed by atoms with Gasteiger partial charge in [-0.2, -0.15) is 11.8 Å². The lowest BCUT2D eigenvalue weighted by Gasteiger charge is -2.17. The van der Waals surface area contributed by atoms with Gasteiger partial charge in [0.2, 0.25) is 0 Å². The molecular weight excluding hydrogens is 458 g/mol. The average Bonchev–Trinajstić information content (AvgIpc) is 2.81. The molecule has 33 heavy (non-hydrogen) atoms. The second-order valence-electron chi connectivity index (χ2n) is 7.39. The van der Waals surface area contributed by atoms with Crippen LogP contribution in [0.2, 0.25) is 0 Å². The van der Waals surface area contributed by atoms with Crippen molar-refractivity contribution in [3.63, 3.8) is 0 Å². The molecule has 0 bridgehead atoms. The molecule has 1 unspecified atom stereocenters. The van der Waals surface area contributed by atoms with Gasteiger partial charge in [-0.05, 0) is 67.9 Å². The second-order valence-corrected chi connectivity index (χ2v) is 9.45. The zero-order chi connectivity index (χ0) is 23.9. The molecule has 7 nitrogen and oxygen atoms in total. The first-order chi connectivity index (χ1) is 16.1. The Kier molecular flexibility index (Phi) is 13.1. The summed E-state index contributed by atoms with van der Waals surface area (Å²) >= 11 is 2.74. The number of hydrogen-bond acceptors (Lipinski definition) is 9. The van der Waals surface area contributed by atoms with Crippen molar-refractivity contribution in [3.8, 4) is 11.5 Å². The van der Waals surface area contributed by atoms with Gasteiger partial charge in [0.1, 0.15) is 11.5 Å². The first-order valence-corrected chi connectivity index (χ1v) is 13.2. The van der Waals surface area contributed by atoms with Gasteiger partial charge in [0, 0.05) is 23.7 Å². The third-order valence-corrected chi connectivity index (χ3v) is 6.81. The summed E-state index contributed by atoms with van der Waals surface area (Å²) < 4.78 is 5.46. The fourth-order valence-corrected chi connectivity index (χ4v) is 4.73. The maximum absolute atomic E-state index is 10.9. The molecule has 0 saturated carbocycles. The van der Waals surface area contributed by atoms with Crippen LogP contribution in [0.25, 0.3) is 0 Å². The van der Waals surface area contributed by atoms with E-state index < -0.39 is 6.10 Å². The van der Waals surface area contributed by atoms with Gasteiger partial charge in [-0.3, -0.25) is 4.79 Å². The molecule has 1 atom stereocenters. The smallest absolute Gasteiger partial charge is 0.181 e. The number of phenolic OH excluding ortho intramolecular Hbond substituents is 1. The van der Waals surface area contributed by atoms with Gasteiger partial charge in [0.05, 0.1) is 18.4 Å². The molecule has 0 spiro atoms. The third kappa shape index (κ3) is 9.85. The van der Waals surface area contributed by atoms with Crippen molar-refractivity contribution in [1.29, 1.82) is 0 Å². The predicted molar refractivity (Wildman–Crippen MR) is 139 cm³/mol. The summed E-state index contributed by atoms with van der Waals surface area (Å²) in [7, 11) is 0. The SMILES string of the molecule is CCOc1ccc(CCNCCCSCCNCC(O)c2ccc(O)c(N)c2SC=O)cc1. The van der Waals surface area contributed by atoms with Crippen LogP contribution in [0.3, 0.4) is 0 Å². The highest BCUT2D eigenvalue weighted by Gasteiger charge is 2.17. The third-order valence-electron chi connectivity index (χ3n) is 4.96. The Bertz CT molecular complexity index is 837. The number of aliphatic hydroxyl groups is 1. The summed E-state index contributed by atoms with van der Waals surface area (Å²) in [6.07, 6.45) is 1.31. The molecule has 9 heteroatoms. The monoisotopic (exact) mass is 493 g/mol. The van der Waals surface area contributed by atoms with Crippen LogP contribution in [0.4, 0.5) is 5.69 Å². The number of aromatic hydroxyl groups is 1. The second kappa shape index (κ2) is 15.8. The van der Waals surface area contributed by atoms with Gasteiger partial charge >= 0.3 is 0 Å². The number of aliphatic hydroxyl groups excluding tert-OH is 1. The van der Waals surface area contributed by atoms with Crippen LogP contribution in [-0.2, 0) is 11.2 Å². The zero-order valence-electron chi connectivity index (χ0n) is 19.1. The number of ether oxygens (including phenoxy) is 1. The number of benzene rings is 2. The molecule has 0 amide bonds. The van der Waals surface area contributed by atoms with Crippen LogP contribution in [-0.4, -0.2) is 60.1 Å². The van der Waals surface area contributed by atoms with Crippen LogP contribution in [0, 0.1) is 0 Å². The molecule has 0 fully saturated rings. The summed E-state index contributed by atoms with van der Waals surface area (Å²) in [6, 6.07) is 11.3. The van der Waals surface area contributed by atoms with E-state index >= 15 is 0 Å².